The van der Waals surface area contributed by atoms with Crippen LogP contribution in [0.25, 0.3) is 94.5 Å². The van der Waals surface area contributed by atoms with Crippen LogP contribution in [0.3, 0.4) is 0 Å². The van der Waals surface area contributed by atoms with Crippen LogP contribution >= 0.6 is 0 Å². The Morgan fingerprint density at radius 3 is 1.86 bits per heavy atom. The van der Waals surface area contributed by atoms with E-state index in [2.05, 4.69) is 134 Å². The van der Waals surface area contributed by atoms with Crippen molar-refractivity contribution in [3.05, 3.63) is 246 Å². The molecule has 0 aliphatic carbocycles. The fraction of sp³-hybridized carbons (Fsp3) is 0.200. The lowest BCUT2D eigenvalue weighted by Gasteiger charge is -2.27. The lowest BCUT2D eigenvalue weighted by molar-refractivity contribution is -0.571. The van der Waals surface area contributed by atoms with Crippen LogP contribution in [0.15, 0.2) is 206 Å². The van der Waals surface area contributed by atoms with Crippen LogP contribution in [0.1, 0.15) is 115 Å². The van der Waals surface area contributed by atoms with Gasteiger partial charge in [-0.25, -0.2) is 4.98 Å². The highest BCUT2D eigenvalue weighted by atomic mass is 16.5. The molecule has 0 aliphatic rings. The number of hydrogen-bond donors (Lipinski definition) is 0. The van der Waals surface area contributed by atoms with Gasteiger partial charge in [0, 0.05) is 40.9 Å². The van der Waals surface area contributed by atoms with Crippen molar-refractivity contribution in [2.45, 2.75) is 99.1 Å². The third-order valence-corrected chi connectivity index (χ3v) is 15.1. The minimum Gasteiger partial charge on any atom is -0.458 e. The number of benzene rings is 9. The van der Waals surface area contributed by atoms with Crippen LogP contribution in [0, 0.1) is 26.9 Å². The molecule has 0 fully saturated rings. The highest BCUT2D eigenvalue weighted by Crippen LogP contribution is 2.42. The summed E-state index contributed by atoms with van der Waals surface area (Å²) < 4.78 is 133. The van der Waals surface area contributed by atoms with E-state index in [0.717, 1.165) is 44.3 Å². The average Bonchev–Trinajstić information content (AvgIpc) is 1.51. The zero-order valence-corrected chi connectivity index (χ0v) is 46.4. The first kappa shape index (κ1) is 37.9. The van der Waals surface area contributed by atoms with Crippen molar-refractivity contribution in [3.8, 4) is 73.2 Å². The molecule has 12 rings (SSSR count). The number of aromatic nitrogens is 4. The summed E-state index contributed by atoms with van der Waals surface area (Å²) in [5, 5.41) is 1.62. The Hall–Kier alpha value is -8.80. The van der Waals surface area contributed by atoms with Gasteiger partial charge in [0.25, 0.3) is 6.33 Å². The number of ether oxygens (including phenoxy) is 1. The van der Waals surface area contributed by atoms with Crippen LogP contribution in [0.2, 0.25) is 0 Å². The Balaban J connectivity index is 1.08. The first-order chi connectivity index (χ1) is 44.0. The second-order valence-corrected chi connectivity index (χ2v) is 23.8. The minimum absolute atomic E-state index is 0.0946. The molecule has 12 aromatic rings. The summed E-state index contributed by atoms with van der Waals surface area (Å²) in [4.78, 5) is 4.76. The quantitative estimate of drug-likeness (QED) is 0.107. The number of nitrogens with zero attached hydrogens (tertiary/aromatic N) is 4. The molecule has 0 atom stereocenters. The van der Waals surface area contributed by atoms with Gasteiger partial charge in [0.2, 0.25) is 0 Å². The van der Waals surface area contributed by atoms with Crippen LogP contribution in [0.5, 0.6) is 11.5 Å². The van der Waals surface area contributed by atoms with E-state index in [-0.39, 0.29) is 55.4 Å². The zero-order chi connectivity index (χ0) is 67.7. The number of aryl methyl sites for hydroxylation is 3. The molecule has 0 spiro atoms. The van der Waals surface area contributed by atoms with Crippen LogP contribution in [-0.4, -0.2) is 14.1 Å². The largest absolute Gasteiger partial charge is 0.458 e. The molecule has 0 amide bonds. The summed E-state index contributed by atoms with van der Waals surface area (Å²) in [6.45, 7) is 11.7. The average molecular weight is 1060 g/mol. The van der Waals surface area contributed by atoms with E-state index in [1.165, 1.54) is 41.6 Å². The van der Waals surface area contributed by atoms with E-state index < -0.39 is 50.8 Å². The number of fused-ring (bicyclic) bond motifs is 4. The van der Waals surface area contributed by atoms with E-state index in [9.17, 15) is 0 Å². The van der Waals surface area contributed by atoms with Crippen molar-refractivity contribution in [2.24, 2.45) is 0 Å². The summed E-state index contributed by atoms with van der Waals surface area (Å²) in [6.07, 6.45) is 5.05. The predicted octanol–water partition coefficient (Wildman–Crippen LogP) is 19.5. The molecular weight excluding hydrogens is 973 g/mol. The van der Waals surface area contributed by atoms with Gasteiger partial charge in [-0.2, -0.15) is 0 Å². The Kier molecular flexibility index (Phi) is 9.40. The van der Waals surface area contributed by atoms with Gasteiger partial charge in [-0.1, -0.05) is 208 Å². The molecule has 9 aromatic carbocycles. The van der Waals surface area contributed by atoms with E-state index in [4.69, 9.17) is 28.9 Å². The first-order valence-electron chi connectivity index (χ1n) is 33.9. The molecule has 0 N–H and O–H groups in total. The Bertz CT molecular complexity index is 4940. The van der Waals surface area contributed by atoms with Crippen LogP contribution in [0.4, 0.5) is 0 Å². The van der Waals surface area contributed by atoms with Gasteiger partial charge in [-0.15, -0.1) is 0 Å². The third kappa shape index (κ3) is 9.59. The summed E-state index contributed by atoms with van der Waals surface area (Å²) in [6, 6.07) is 50.8. The topological polar surface area (TPSA) is 35.9 Å². The maximum atomic E-state index is 8.72. The van der Waals surface area contributed by atoms with E-state index >= 15 is 0 Å². The molecule has 5 heteroatoms. The number of hydrogen-bond acceptors (Lipinski definition) is 2. The van der Waals surface area contributed by atoms with E-state index in [0.29, 0.717) is 44.8 Å². The fourth-order valence-electron chi connectivity index (χ4n) is 10.8. The monoisotopic (exact) mass is 1060 g/mol. The molecule has 3 heterocycles. The van der Waals surface area contributed by atoms with Gasteiger partial charge < -0.3 is 4.74 Å². The number of imidazole rings is 1. The molecule has 0 bridgehead atoms. The molecule has 0 radical (unpaired) electrons. The second-order valence-electron chi connectivity index (χ2n) is 23.8. The van der Waals surface area contributed by atoms with Crippen LogP contribution in [-0.2, 0) is 16.2 Å². The molecule has 5 nitrogen and oxygen atoms in total. The van der Waals surface area contributed by atoms with Crippen molar-refractivity contribution in [2.75, 3.05) is 0 Å². The normalized spacial score (nSPS) is 15.3. The summed E-state index contributed by atoms with van der Waals surface area (Å²) in [7, 11) is 0. The number of pyridine rings is 1. The van der Waals surface area contributed by atoms with Crippen LogP contribution < -0.4 is 9.30 Å². The molecule has 0 saturated carbocycles. The van der Waals surface area contributed by atoms with Crippen molar-refractivity contribution < 1.29 is 28.5 Å². The Morgan fingerprint density at radius 2 is 1.14 bits per heavy atom. The molecule has 396 valence electrons. The molecule has 80 heavy (non-hydrogen) atoms. The standard InChI is InChI=1S/C75H70N4O/c1-48-22-18-23-49(2)71(48)53-34-37-67-69(42-53)77(47-78(67)72-61(52-26-19-27-55(39-52)73(4,5)6)31-21-32-62(72)54-40-56(74(7,8)9)43-57(41-54)75(10,11)12)58-28-20-29-59(44-58)80-60-35-36-64-63-30-16-17-33-66(63)79(68(64)45-60)70-38-50(3)65(46-76-70)51-24-14-13-15-25-51/h13-46H,1-12H3/i1D3,2D3,3D3,13D,14D,15D,24D,25D. The van der Waals surface area contributed by atoms with Gasteiger partial charge in [0.1, 0.15) is 17.3 Å². The van der Waals surface area contributed by atoms with E-state index in [1.54, 1.807) is 6.07 Å². The van der Waals surface area contributed by atoms with Gasteiger partial charge >= 0.3 is 0 Å². The summed E-state index contributed by atoms with van der Waals surface area (Å²) in [5.41, 5.74) is 10.3. The van der Waals surface area contributed by atoms with Gasteiger partial charge in [0.15, 0.2) is 0 Å². The lowest BCUT2D eigenvalue weighted by atomic mass is 9.78. The third-order valence-electron chi connectivity index (χ3n) is 15.1. The Labute approximate surface area is 492 Å². The van der Waals surface area contributed by atoms with Crippen molar-refractivity contribution in [3.63, 3.8) is 0 Å². The number of rotatable bonds is 9. The molecule has 0 unspecified atom stereocenters. The smallest absolute Gasteiger partial charge is 0.269 e. The second kappa shape index (κ2) is 19.8. The highest BCUT2D eigenvalue weighted by molar-refractivity contribution is 6.09. The predicted molar refractivity (Wildman–Crippen MR) is 334 cm³/mol. The highest BCUT2D eigenvalue weighted by Gasteiger charge is 2.26. The zero-order valence-electron chi connectivity index (χ0n) is 60.4. The van der Waals surface area contributed by atoms with Crippen molar-refractivity contribution in [1.82, 2.24) is 14.1 Å². The lowest BCUT2D eigenvalue weighted by Crippen LogP contribution is -2.31. The van der Waals surface area contributed by atoms with Crippen molar-refractivity contribution >= 4 is 32.8 Å². The summed E-state index contributed by atoms with van der Waals surface area (Å²) >= 11 is 0. The maximum Gasteiger partial charge on any atom is 0.269 e. The first-order valence-corrected chi connectivity index (χ1v) is 26.9. The molecule has 0 saturated heterocycles. The van der Waals surface area contributed by atoms with Crippen molar-refractivity contribution in [1.29, 1.82) is 0 Å². The summed E-state index contributed by atoms with van der Waals surface area (Å²) in [5.74, 6) is 1.02. The molecular formula is C75H70N4O. The Morgan fingerprint density at radius 1 is 0.487 bits per heavy atom. The minimum atomic E-state index is -2.81. The van der Waals surface area contributed by atoms with E-state index in [1.807, 2.05) is 88.0 Å². The SMILES string of the molecule is [2H]c1c([2H])c([2H])c(-c2cnc(-n3c4ccccc4c4ccc(Oc5cccc(-n6[c-][n+](-c7c(-c8cccc(C(C)(C)C)c8)cccc7-c7cc(C(C)(C)C)cc(C(C)(C)C)c7)c7ccc(-c8c(C([2H])([2H])[2H])cccc8C([2H])([2H])[2H])cc76)c5)cc43)cc2C([2H])([2H])[2H])c([2H])c1[2H]. The fourth-order valence-corrected chi connectivity index (χ4v) is 10.8. The van der Waals surface area contributed by atoms with Gasteiger partial charge in [0.05, 0.1) is 40.3 Å². The maximum absolute atomic E-state index is 8.72. The van der Waals surface area contributed by atoms with Gasteiger partial charge in [-0.3, -0.25) is 13.7 Å². The molecule has 3 aromatic heterocycles. The van der Waals surface area contributed by atoms with Gasteiger partial charge in [-0.05, 0) is 158 Å². The number of para-hydroxylation sites is 2. The molecule has 0 aliphatic heterocycles.